The summed E-state index contributed by atoms with van der Waals surface area (Å²) < 4.78 is 40.3. The van der Waals surface area contributed by atoms with E-state index in [-0.39, 0.29) is 11.4 Å². The highest BCUT2D eigenvalue weighted by molar-refractivity contribution is 9.10. The number of fused-ring (bicyclic) bond motifs is 1. The fraction of sp³-hybridized carbons (Fsp3) is 0.409. The maximum Gasteiger partial charge on any atom is 0.407 e. The van der Waals surface area contributed by atoms with Gasteiger partial charge < -0.3 is 14.8 Å². The molecule has 0 radical (unpaired) electrons. The van der Waals surface area contributed by atoms with Crippen molar-refractivity contribution in [3.63, 3.8) is 0 Å². The predicted molar refractivity (Wildman–Crippen MR) is 123 cm³/mol. The number of alkyl carbamates (subject to hydrolysis) is 1. The Morgan fingerprint density at radius 1 is 1.26 bits per heavy atom. The van der Waals surface area contributed by atoms with E-state index in [1.165, 1.54) is 4.31 Å². The van der Waals surface area contributed by atoms with E-state index >= 15 is 0 Å². The van der Waals surface area contributed by atoms with Gasteiger partial charge in [-0.05, 0) is 63.6 Å². The molecule has 31 heavy (non-hydrogen) atoms. The van der Waals surface area contributed by atoms with Crippen LogP contribution in [-0.4, -0.2) is 39.3 Å². The number of benzene rings is 2. The molecule has 1 heterocycles. The van der Waals surface area contributed by atoms with E-state index < -0.39 is 27.8 Å². The van der Waals surface area contributed by atoms with Crippen molar-refractivity contribution in [1.29, 1.82) is 0 Å². The Bertz CT molecular complexity index is 1070. The fourth-order valence-corrected chi connectivity index (χ4v) is 5.17. The first-order valence-corrected chi connectivity index (χ1v) is 12.2. The molecule has 1 aliphatic heterocycles. The molecule has 168 valence electrons. The highest BCUT2D eigenvalue weighted by atomic mass is 79.9. The summed E-state index contributed by atoms with van der Waals surface area (Å²) in [4.78, 5) is 12.1. The number of ether oxygens (including phenoxy) is 2. The molecule has 0 bridgehead atoms. The van der Waals surface area contributed by atoms with Crippen LogP contribution in [0.4, 0.5) is 10.5 Å². The first kappa shape index (κ1) is 23.4. The minimum absolute atomic E-state index is 0.135. The van der Waals surface area contributed by atoms with Gasteiger partial charge in [-0.3, -0.25) is 4.31 Å². The third-order valence-corrected chi connectivity index (χ3v) is 6.83. The average molecular weight is 511 g/mol. The lowest BCUT2D eigenvalue weighted by atomic mass is 10.2. The van der Waals surface area contributed by atoms with Gasteiger partial charge in [0, 0.05) is 17.4 Å². The quantitative estimate of drug-likeness (QED) is 0.633. The van der Waals surface area contributed by atoms with Crippen molar-refractivity contribution >= 4 is 37.7 Å². The van der Waals surface area contributed by atoms with Gasteiger partial charge in [0.2, 0.25) is 0 Å². The second-order valence-corrected chi connectivity index (χ2v) is 11.2. The third kappa shape index (κ3) is 5.92. The van der Waals surface area contributed by atoms with Crippen molar-refractivity contribution in [3.8, 4) is 5.75 Å². The number of halogens is 1. The maximum atomic E-state index is 13.5. The number of nitrogens with one attached hydrogen (secondary N) is 1. The molecular weight excluding hydrogens is 484 g/mol. The molecule has 1 amide bonds. The fourth-order valence-electron chi connectivity index (χ4n) is 3.22. The maximum absolute atomic E-state index is 13.5. The number of carbonyl (C=O) groups is 1. The second kappa shape index (κ2) is 9.08. The van der Waals surface area contributed by atoms with Crippen LogP contribution in [0.25, 0.3) is 0 Å². The van der Waals surface area contributed by atoms with Gasteiger partial charge in [0.15, 0.2) is 0 Å². The van der Waals surface area contributed by atoms with E-state index in [4.69, 9.17) is 9.47 Å². The summed E-state index contributed by atoms with van der Waals surface area (Å²) in [5.41, 5.74) is 0.755. The number of aryl methyl sites for hydroxylation is 1. The molecular formula is C22H27BrN2O5S. The Balaban J connectivity index is 1.81. The van der Waals surface area contributed by atoms with Crippen molar-refractivity contribution in [1.82, 2.24) is 5.32 Å². The lowest BCUT2D eigenvalue weighted by Crippen LogP contribution is -2.45. The average Bonchev–Trinajstić information content (AvgIpc) is 2.66. The smallest absolute Gasteiger partial charge is 0.407 e. The van der Waals surface area contributed by atoms with E-state index in [0.29, 0.717) is 24.4 Å². The van der Waals surface area contributed by atoms with Crippen molar-refractivity contribution in [2.24, 2.45) is 0 Å². The van der Waals surface area contributed by atoms with E-state index in [1.54, 1.807) is 57.2 Å². The summed E-state index contributed by atoms with van der Waals surface area (Å²) in [7, 11) is -3.79. The molecule has 2 aromatic carbocycles. The number of anilines is 1. The Kier molecular flexibility index (Phi) is 6.85. The monoisotopic (exact) mass is 510 g/mol. The zero-order valence-electron chi connectivity index (χ0n) is 18.0. The van der Waals surface area contributed by atoms with Gasteiger partial charge in [-0.1, -0.05) is 28.1 Å². The number of rotatable bonds is 5. The van der Waals surface area contributed by atoms with Crippen LogP contribution in [0.3, 0.4) is 0 Å². The Labute approximate surface area is 191 Å². The summed E-state index contributed by atoms with van der Waals surface area (Å²) in [5, 5.41) is 2.70. The molecule has 1 aliphatic rings. The van der Waals surface area contributed by atoms with Gasteiger partial charge in [0.05, 0.1) is 17.1 Å². The van der Waals surface area contributed by atoms with E-state index in [9.17, 15) is 13.2 Å². The molecule has 0 fully saturated rings. The van der Waals surface area contributed by atoms with Crippen LogP contribution in [0.1, 0.15) is 32.8 Å². The Morgan fingerprint density at radius 3 is 2.68 bits per heavy atom. The van der Waals surface area contributed by atoms with Gasteiger partial charge in [-0.2, -0.15) is 0 Å². The molecule has 0 unspecified atom stereocenters. The normalized spacial score (nSPS) is 16.3. The number of hydrogen-bond acceptors (Lipinski definition) is 5. The van der Waals surface area contributed by atoms with Gasteiger partial charge in [-0.25, -0.2) is 13.2 Å². The molecule has 0 spiro atoms. The van der Waals surface area contributed by atoms with Crippen LogP contribution in [-0.2, 0) is 14.8 Å². The summed E-state index contributed by atoms with van der Waals surface area (Å²) in [5.74, 6) is 0.480. The van der Waals surface area contributed by atoms with Crippen molar-refractivity contribution in [3.05, 3.63) is 52.5 Å². The first-order chi connectivity index (χ1) is 14.5. The SMILES string of the molecule is Cc1cccc(S(=O)(=O)N2C[C@H](CCNC(=O)OC(C)(C)C)Oc3ccc(Br)cc32)c1. The number of hydrogen-bond donors (Lipinski definition) is 1. The number of amides is 1. The minimum atomic E-state index is -3.79. The standard InChI is InChI=1S/C22H27BrN2O5S/c1-15-6-5-7-18(12-15)31(27,28)25-14-17(10-11-24-21(26)30-22(2,3)4)29-20-9-8-16(23)13-19(20)25/h5-9,12-13,17H,10-11,14H2,1-4H3,(H,24,26)/t17-/m0/s1. The molecule has 0 aliphatic carbocycles. The third-order valence-electron chi connectivity index (χ3n) is 4.56. The van der Waals surface area contributed by atoms with E-state index in [2.05, 4.69) is 21.2 Å². The van der Waals surface area contributed by atoms with Crippen LogP contribution in [0.2, 0.25) is 0 Å². The van der Waals surface area contributed by atoms with Crippen molar-refractivity contribution in [2.45, 2.75) is 50.7 Å². The summed E-state index contributed by atoms with van der Waals surface area (Å²) >= 11 is 3.41. The Hall–Kier alpha value is -2.26. The largest absolute Gasteiger partial charge is 0.486 e. The topological polar surface area (TPSA) is 84.9 Å². The van der Waals surface area contributed by atoms with Crippen LogP contribution in [0, 0.1) is 6.92 Å². The van der Waals surface area contributed by atoms with Crippen LogP contribution >= 0.6 is 15.9 Å². The van der Waals surface area contributed by atoms with Gasteiger partial charge in [0.25, 0.3) is 10.0 Å². The lowest BCUT2D eigenvalue weighted by molar-refractivity contribution is 0.0520. The number of carbonyl (C=O) groups excluding carboxylic acids is 1. The summed E-state index contributed by atoms with van der Waals surface area (Å²) in [6.07, 6.45) is -0.519. The van der Waals surface area contributed by atoms with Gasteiger partial charge in [-0.15, -0.1) is 0 Å². The second-order valence-electron chi connectivity index (χ2n) is 8.42. The molecule has 7 nitrogen and oxygen atoms in total. The molecule has 0 saturated carbocycles. The molecule has 9 heteroatoms. The predicted octanol–water partition coefficient (Wildman–Crippen LogP) is 4.63. The lowest BCUT2D eigenvalue weighted by Gasteiger charge is -2.35. The number of sulfonamides is 1. The van der Waals surface area contributed by atoms with E-state index in [1.807, 2.05) is 13.0 Å². The number of nitrogens with zero attached hydrogens (tertiary/aromatic N) is 1. The summed E-state index contributed by atoms with van der Waals surface area (Å²) in [6.45, 7) is 7.66. The van der Waals surface area contributed by atoms with E-state index in [0.717, 1.165) is 10.0 Å². The minimum Gasteiger partial charge on any atom is -0.486 e. The van der Waals surface area contributed by atoms with Crippen LogP contribution < -0.4 is 14.4 Å². The molecule has 1 N–H and O–H groups in total. The zero-order valence-corrected chi connectivity index (χ0v) is 20.4. The summed E-state index contributed by atoms with van der Waals surface area (Å²) in [6, 6.07) is 12.1. The Morgan fingerprint density at radius 2 is 2.00 bits per heavy atom. The molecule has 1 atom stereocenters. The molecule has 3 rings (SSSR count). The van der Waals surface area contributed by atoms with Crippen LogP contribution in [0.15, 0.2) is 51.8 Å². The molecule has 0 saturated heterocycles. The van der Waals surface area contributed by atoms with Gasteiger partial charge >= 0.3 is 6.09 Å². The highest BCUT2D eigenvalue weighted by Gasteiger charge is 2.34. The van der Waals surface area contributed by atoms with Crippen molar-refractivity contribution < 1.29 is 22.7 Å². The molecule has 2 aromatic rings. The highest BCUT2D eigenvalue weighted by Crippen LogP contribution is 2.39. The zero-order chi connectivity index (χ0) is 22.8. The molecule has 0 aromatic heterocycles. The first-order valence-electron chi connectivity index (χ1n) is 9.98. The van der Waals surface area contributed by atoms with Crippen LogP contribution in [0.5, 0.6) is 5.75 Å². The van der Waals surface area contributed by atoms with Crippen molar-refractivity contribution in [2.75, 3.05) is 17.4 Å². The van der Waals surface area contributed by atoms with Gasteiger partial charge in [0.1, 0.15) is 17.5 Å².